The Morgan fingerprint density at radius 3 is 2.45 bits per heavy atom. The molecule has 1 heterocycles. The maximum Gasteiger partial charge on any atom is 0.335 e. The van der Waals surface area contributed by atoms with Crippen LogP contribution in [0.3, 0.4) is 0 Å². The van der Waals surface area contributed by atoms with Crippen molar-refractivity contribution in [1.29, 1.82) is 0 Å². The van der Waals surface area contributed by atoms with E-state index < -0.39 is 11.8 Å². The Kier molecular flexibility index (Phi) is 4.99. The summed E-state index contributed by atoms with van der Waals surface area (Å²) in [6, 6.07) is 21.0. The van der Waals surface area contributed by atoms with Gasteiger partial charge < -0.3 is 9.84 Å². The first-order chi connectivity index (χ1) is 14.1. The highest BCUT2D eigenvalue weighted by Crippen LogP contribution is 2.37. The Hall–Kier alpha value is -3.67. The zero-order valence-corrected chi connectivity index (χ0v) is 15.7. The second kappa shape index (κ2) is 7.75. The number of carboxylic acid groups (broad SMARTS) is 1. The molecule has 0 fully saturated rings. The Bertz CT molecular complexity index is 1070. The van der Waals surface area contributed by atoms with E-state index in [-0.39, 0.29) is 17.4 Å². The number of nitrogens with zero attached hydrogens (tertiary/aromatic N) is 2. The molecule has 146 valence electrons. The fourth-order valence-corrected chi connectivity index (χ4v) is 3.46. The van der Waals surface area contributed by atoms with Crippen molar-refractivity contribution in [1.82, 2.24) is 0 Å². The number of anilines is 1. The van der Waals surface area contributed by atoms with Crippen molar-refractivity contribution in [3.05, 3.63) is 95.3 Å². The number of benzene rings is 3. The molecule has 3 aromatic carbocycles. The van der Waals surface area contributed by atoms with Gasteiger partial charge in [-0.3, -0.25) is 5.01 Å². The number of methoxy groups -OCH3 is 1. The number of rotatable bonds is 5. The van der Waals surface area contributed by atoms with Crippen molar-refractivity contribution in [2.24, 2.45) is 5.10 Å². The summed E-state index contributed by atoms with van der Waals surface area (Å²) < 4.78 is 19.4. The molecule has 0 saturated carbocycles. The molecule has 5 nitrogen and oxygen atoms in total. The first-order valence-electron chi connectivity index (χ1n) is 9.16. The van der Waals surface area contributed by atoms with Crippen LogP contribution in [-0.2, 0) is 0 Å². The van der Waals surface area contributed by atoms with Gasteiger partial charge in [0.15, 0.2) is 11.6 Å². The van der Waals surface area contributed by atoms with E-state index in [0.717, 1.165) is 22.5 Å². The molecule has 0 bridgehead atoms. The highest BCUT2D eigenvalue weighted by molar-refractivity contribution is 6.03. The summed E-state index contributed by atoms with van der Waals surface area (Å²) in [7, 11) is 1.43. The molecule has 6 heteroatoms. The fraction of sp³-hybridized carbons (Fsp3) is 0.130. The van der Waals surface area contributed by atoms with Crippen LogP contribution in [-0.4, -0.2) is 23.9 Å². The first-order valence-corrected chi connectivity index (χ1v) is 9.16. The molecule has 0 aliphatic carbocycles. The van der Waals surface area contributed by atoms with E-state index in [1.54, 1.807) is 30.3 Å². The minimum Gasteiger partial charge on any atom is -0.494 e. The van der Waals surface area contributed by atoms with Crippen molar-refractivity contribution in [3.8, 4) is 5.75 Å². The summed E-state index contributed by atoms with van der Waals surface area (Å²) in [6.45, 7) is 0. The maximum atomic E-state index is 14.3. The van der Waals surface area contributed by atoms with E-state index in [9.17, 15) is 9.18 Å². The Labute approximate surface area is 167 Å². The van der Waals surface area contributed by atoms with Gasteiger partial charge in [-0.05, 0) is 47.5 Å². The third kappa shape index (κ3) is 3.69. The summed E-state index contributed by atoms with van der Waals surface area (Å²) in [4.78, 5) is 11.2. The smallest absolute Gasteiger partial charge is 0.335 e. The van der Waals surface area contributed by atoms with Gasteiger partial charge in [-0.1, -0.05) is 36.4 Å². The van der Waals surface area contributed by atoms with Crippen LogP contribution >= 0.6 is 0 Å². The number of ether oxygens (including phenoxy) is 1. The summed E-state index contributed by atoms with van der Waals surface area (Å²) in [5.41, 5.74) is 3.58. The molecule has 4 rings (SSSR count). The summed E-state index contributed by atoms with van der Waals surface area (Å²) in [6.07, 6.45) is 0.594. The lowest BCUT2D eigenvalue weighted by molar-refractivity contribution is 0.0697. The molecular weight excluding hydrogens is 371 g/mol. The molecule has 1 atom stereocenters. The minimum atomic E-state index is -0.986. The van der Waals surface area contributed by atoms with Crippen LogP contribution in [0.5, 0.6) is 5.75 Å². The Morgan fingerprint density at radius 2 is 1.83 bits per heavy atom. The lowest BCUT2D eigenvalue weighted by Gasteiger charge is -2.24. The fourth-order valence-electron chi connectivity index (χ4n) is 3.46. The van der Waals surface area contributed by atoms with Crippen molar-refractivity contribution in [2.45, 2.75) is 12.5 Å². The molecular formula is C23H19FN2O3. The molecule has 1 aliphatic rings. The van der Waals surface area contributed by atoms with Crippen LogP contribution in [0, 0.1) is 5.82 Å². The standard InChI is InChI=1S/C23H19FN2O3/c1-29-22-12-9-17(13-19(22)24)21-14-20(15-5-3-2-4-6-15)25-26(21)18-10-7-16(8-11-18)23(27)28/h2-13,21H,14H2,1H3,(H,27,28). The van der Waals surface area contributed by atoms with Crippen LogP contribution < -0.4 is 9.75 Å². The van der Waals surface area contributed by atoms with Crippen molar-refractivity contribution in [3.63, 3.8) is 0 Å². The zero-order chi connectivity index (χ0) is 20.4. The number of carboxylic acids is 1. The van der Waals surface area contributed by atoms with E-state index in [2.05, 4.69) is 0 Å². The van der Waals surface area contributed by atoms with E-state index in [4.69, 9.17) is 14.9 Å². The van der Waals surface area contributed by atoms with Crippen LogP contribution in [0.1, 0.15) is 33.9 Å². The highest BCUT2D eigenvalue weighted by atomic mass is 19.1. The predicted molar refractivity (Wildman–Crippen MR) is 109 cm³/mol. The van der Waals surface area contributed by atoms with Gasteiger partial charge in [0.25, 0.3) is 0 Å². The summed E-state index contributed by atoms with van der Waals surface area (Å²) in [5, 5.41) is 15.7. The SMILES string of the molecule is COc1ccc(C2CC(c3ccccc3)=NN2c2ccc(C(=O)O)cc2)cc1F. The van der Waals surface area contributed by atoms with Gasteiger partial charge in [0.05, 0.1) is 30.1 Å². The number of hydrogen-bond donors (Lipinski definition) is 1. The third-order valence-electron chi connectivity index (χ3n) is 4.96. The van der Waals surface area contributed by atoms with Gasteiger partial charge in [-0.2, -0.15) is 5.10 Å². The Balaban J connectivity index is 1.74. The van der Waals surface area contributed by atoms with E-state index in [1.165, 1.54) is 13.2 Å². The molecule has 29 heavy (non-hydrogen) atoms. The molecule has 1 N–H and O–H groups in total. The topological polar surface area (TPSA) is 62.1 Å². The van der Waals surface area contributed by atoms with Crippen molar-refractivity contribution >= 4 is 17.4 Å². The number of carbonyl (C=O) groups is 1. The van der Waals surface area contributed by atoms with Gasteiger partial charge in [0.1, 0.15) is 0 Å². The lowest BCUT2D eigenvalue weighted by Crippen LogP contribution is -2.19. The molecule has 0 spiro atoms. The van der Waals surface area contributed by atoms with Crippen LogP contribution in [0.4, 0.5) is 10.1 Å². The molecule has 1 unspecified atom stereocenters. The lowest BCUT2D eigenvalue weighted by atomic mass is 9.98. The largest absolute Gasteiger partial charge is 0.494 e. The normalized spacial score (nSPS) is 15.9. The Morgan fingerprint density at radius 1 is 1.10 bits per heavy atom. The summed E-state index contributed by atoms with van der Waals surface area (Å²) in [5.74, 6) is -1.23. The third-order valence-corrected chi connectivity index (χ3v) is 4.96. The van der Waals surface area contributed by atoms with Gasteiger partial charge in [0.2, 0.25) is 0 Å². The van der Waals surface area contributed by atoms with Gasteiger partial charge in [-0.25, -0.2) is 9.18 Å². The molecule has 0 saturated heterocycles. The summed E-state index contributed by atoms with van der Waals surface area (Å²) >= 11 is 0. The molecule has 3 aromatic rings. The molecule has 0 radical (unpaired) electrons. The highest BCUT2D eigenvalue weighted by Gasteiger charge is 2.30. The minimum absolute atomic E-state index is 0.188. The van der Waals surface area contributed by atoms with Gasteiger partial charge in [0, 0.05) is 6.42 Å². The number of aromatic carboxylic acids is 1. The second-order valence-corrected chi connectivity index (χ2v) is 6.72. The maximum absolute atomic E-state index is 14.3. The van der Waals surface area contributed by atoms with Gasteiger partial charge >= 0.3 is 5.97 Å². The second-order valence-electron chi connectivity index (χ2n) is 6.72. The predicted octanol–water partition coefficient (Wildman–Crippen LogP) is 4.89. The van der Waals surface area contributed by atoms with Crippen LogP contribution in [0.15, 0.2) is 77.9 Å². The molecule has 1 aliphatic heterocycles. The molecule has 0 amide bonds. The average molecular weight is 390 g/mol. The van der Waals surface area contributed by atoms with E-state index >= 15 is 0 Å². The monoisotopic (exact) mass is 390 g/mol. The van der Waals surface area contributed by atoms with Crippen LogP contribution in [0.25, 0.3) is 0 Å². The van der Waals surface area contributed by atoms with Crippen molar-refractivity contribution < 1.29 is 19.0 Å². The van der Waals surface area contributed by atoms with Crippen LogP contribution in [0.2, 0.25) is 0 Å². The van der Waals surface area contributed by atoms with Crippen molar-refractivity contribution in [2.75, 3.05) is 12.1 Å². The van der Waals surface area contributed by atoms with Gasteiger partial charge in [-0.15, -0.1) is 0 Å². The zero-order valence-electron chi connectivity index (χ0n) is 15.7. The number of hydrazone groups is 1. The van der Waals surface area contributed by atoms with E-state index in [1.807, 2.05) is 41.4 Å². The molecule has 0 aromatic heterocycles. The number of halogens is 1. The van der Waals surface area contributed by atoms with E-state index in [0.29, 0.717) is 6.42 Å². The average Bonchev–Trinajstić information content (AvgIpc) is 3.20. The number of hydrogen-bond acceptors (Lipinski definition) is 4. The quantitative estimate of drug-likeness (QED) is 0.674. The first kappa shape index (κ1) is 18.7.